The van der Waals surface area contributed by atoms with Gasteiger partial charge in [-0.3, -0.25) is 4.57 Å². The third-order valence-electron chi connectivity index (χ3n) is 9.62. The first-order valence-corrected chi connectivity index (χ1v) is 17.4. The van der Waals surface area contributed by atoms with Crippen molar-refractivity contribution in [2.75, 3.05) is 0 Å². The molecule has 0 fully saturated rings. The molecule has 0 spiro atoms. The predicted octanol–water partition coefficient (Wildman–Crippen LogP) is 13.4. The van der Waals surface area contributed by atoms with Crippen molar-refractivity contribution in [1.29, 1.82) is 0 Å². The van der Waals surface area contributed by atoms with Crippen LogP contribution in [0.15, 0.2) is 190 Å². The molecule has 12 rings (SSSR count). The molecule has 6 nitrogen and oxygen atoms in total. The van der Waals surface area contributed by atoms with Gasteiger partial charge in [0.15, 0.2) is 11.6 Å². The zero-order valence-electron chi connectivity index (χ0n) is 48.9. The number of fused-ring (bicyclic) bond motifs is 10. The van der Waals surface area contributed by atoms with Crippen LogP contribution in [0.25, 0.3) is 117 Å². The number of benzene rings is 8. The molecule has 4 aromatic heterocycles. The summed E-state index contributed by atoms with van der Waals surface area (Å²) in [7, 11) is 0. The van der Waals surface area contributed by atoms with E-state index in [9.17, 15) is 11.0 Å². The quantitative estimate of drug-likeness (QED) is 0.175. The second-order valence-electron chi connectivity index (χ2n) is 12.8. The summed E-state index contributed by atoms with van der Waals surface area (Å²) in [5.74, 6) is -1.08. The minimum atomic E-state index is -0.775. The number of aromatic nitrogens is 4. The van der Waals surface area contributed by atoms with Crippen LogP contribution in [0.5, 0.6) is 0 Å². The van der Waals surface area contributed by atoms with E-state index >= 15 is 0 Å². The summed E-state index contributed by atoms with van der Waals surface area (Å²) in [5.41, 5.74) is -2.78. The highest BCUT2D eigenvalue weighted by molar-refractivity contribution is 6.26. The van der Waals surface area contributed by atoms with Crippen molar-refractivity contribution in [3.63, 3.8) is 0 Å². The maximum atomic E-state index is 9.78. The van der Waals surface area contributed by atoms with Gasteiger partial charge in [-0.2, -0.15) is 9.97 Å². The SMILES string of the molecule is [2H]c1c([2H])c([2H])c(-c2c([2H])c([2H])c([2H])c3oc4c([2H])c(-c5nc(-c6ccccc6)nc(-n6c7c([2H])c([2H])c([2H])c(-c8ccccc8)c7c7c8oc9c([2H])c([2H])c([2H])c([2H])c9c8c([2H])c([2H])c76)n5)c([2H])c([2H])c4c23)c([2H])c1[2H]. The molecule has 0 atom stereocenters. The van der Waals surface area contributed by atoms with Gasteiger partial charge in [0.25, 0.3) is 0 Å². The maximum absolute atomic E-state index is 9.78. The Labute approximate surface area is 354 Å². The lowest BCUT2D eigenvalue weighted by Gasteiger charge is -2.11. The molecule has 0 aliphatic heterocycles. The summed E-state index contributed by atoms with van der Waals surface area (Å²) in [6.45, 7) is 0. The Hall–Kier alpha value is -7.83. The van der Waals surface area contributed by atoms with Gasteiger partial charge in [-0.05, 0) is 64.6 Å². The third-order valence-corrected chi connectivity index (χ3v) is 9.62. The first kappa shape index (κ1) is 17.8. The molecule has 0 radical (unpaired) electrons. The molecule has 0 N–H and O–H groups in total. The minimum Gasteiger partial charge on any atom is -0.456 e. The molecule has 266 valence electrons. The average Bonchev–Trinajstić information content (AvgIpc) is 4.20. The lowest BCUT2D eigenvalue weighted by molar-refractivity contribution is 0.669. The molecule has 57 heavy (non-hydrogen) atoms. The standard InChI is InChI=1S/C51H30N4O2/c1-4-14-31(15-5-1)35-22-13-25-43-45(35)39-27-26-34(30-44(39)56-43)50-52-49(33-18-8-3-9-19-33)53-51(54-50)55-40-23-12-21-36(32-16-6-2-7-17-32)46(40)47-41(55)29-28-38-37-20-10-11-24-42(37)57-48(38)47/h1-30H/i1D,4D,5D,10D,11D,12D,13D,14D,15D,20D,21D,22D,23D,24D,25D,26D,27D,28D,29D,30D. The van der Waals surface area contributed by atoms with Crippen LogP contribution < -0.4 is 0 Å². The van der Waals surface area contributed by atoms with E-state index in [-0.39, 0.29) is 65.9 Å². The molecule has 0 bridgehead atoms. The van der Waals surface area contributed by atoms with Crippen LogP contribution in [0.1, 0.15) is 27.4 Å². The Bertz CT molecular complexity index is 4660. The third kappa shape index (κ3) is 4.87. The lowest BCUT2D eigenvalue weighted by atomic mass is 9.98. The Kier molecular flexibility index (Phi) is 3.85. The van der Waals surface area contributed by atoms with Crippen molar-refractivity contribution >= 4 is 65.7 Å². The van der Waals surface area contributed by atoms with Crippen molar-refractivity contribution < 1.29 is 36.2 Å². The molecule has 0 saturated carbocycles. The summed E-state index contributed by atoms with van der Waals surface area (Å²) in [5, 5.41) is -1.15. The summed E-state index contributed by atoms with van der Waals surface area (Å²) in [6.07, 6.45) is 0. The van der Waals surface area contributed by atoms with Crippen LogP contribution in [-0.2, 0) is 0 Å². The molecule has 8 aromatic carbocycles. The van der Waals surface area contributed by atoms with Crippen LogP contribution in [0.2, 0.25) is 0 Å². The number of nitrogens with zero attached hydrogens (tertiary/aromatic N) is 4. The number of para-hydroxylation sites is 1. The van der Waals surface area contributed by atoms with Crippen molar-refractivity contribution in [2.24, 2.45) is 0 Å². The average molecular weight is 751 g/mol. The first-order valence-electron chi connectivity index (χ1n) is 27.4. The Morgan fingerprint density at radius 2 is 1.09 bits per heavy atom. The van der Waals surface area contributed by atoms with E-state index in [1.165, 1.54) is 4.57 Å². The summed E-state index contributed by atoms with van der Waals surface area (Å²) < 4.78 is 194. The van der Waals surface area contributed by atoms with E-state index in [1.54, 1.807) is 60.7 Å². The molecule has 0 aliphatic carbocycles. The summed E-state index contributed by atoms with van der Waals surface area (Å²) >= 11 is 0. The van der Waals surface area contributed by atoms with Crippen molar-refractivity contribution in [3.8, 4) is 51.0 Å². The van der Waals surface area contributed by atoms with Crippen LogP contribution in [0.3, 0.4) is 0 Å². The second kappa shape index (κ2) is 12.3. The van der Waals surface area contributed by atoms with E-state index in [1.807, 2.05) is 0 Å². The largest absolute Gasteiger partial charge is 0.456 e. The minimum absolute atomic E-state index is 0.0105. The van der Waals surface area contributed by atoms with Gasteiger partial charge < -0.3 is 8.83 Å². The summed E-state index contributed by atoms with van der Waals surface area (Å²) in [4.78, 5) is 14.3. The van der Waals surface area contributed by atoms with E-state index in [2.05, 4.69) is 0 Å². The van der Waals surface area contributed by atoms with Crippen molar-refractivity contribution in [2.45, 2.75) is 0 Å². The smallest absolute Gasteiger partial charge is 0.238 e. The van der Waals surface area contributed by atoms with Crippen LogP contribution in [-0.4, -0.2) is 19.5 Å². The fraction of sp³-hybridized carbons (Fsp3) is 0. The fourth-order valence-corrected chi connectivity index (χ4v) is 7.16. The Morgan fingerprint density at radius 3 is 1.91 bits per heavy atom. The van der Waals surface area contributed by atoms with Gasteiger partial charge in [0, 0.05) is 38.1 Å². The van der Waals surface area contributed by atoms with Gasteiger partial charge in [0.2, 0.25) is 5.95 Å². The molecule has 6 heteroatoms. The highest BCUT2D eigenvalue weighted by Gasteiger charge is 2.24. The Morgan fingerprint density at radius 1 is 0.421 bits per heavy atom. The highest BCUT2D eigenvalue weighted by Crippen LogP contribution is 2.44. The van der Waals surface area contributed by atoms with Gasteiger partial charge in [-0.1, -0.05) is 139 Å². The molecule has 4 heterocycles. The molecule has 0 unspecified atom stereocenters. The highest BCUT2D eigenvalue weighted by atomic mass is 16.3. The molecule has 0 aliphatic rings. The first-order chi connectivity index (χ1) is 36.6. The monoisotopic (exact) mass is 750 g/mol. The fourth-order valence-electron chi connectivity index (χ4n) is 7.16. The van der Waals surface area contributed by atoms with E-state index in [0.717, 1.165) is 0 Å². The second-order valence-corrected chi connectivity index (χ2v) is 12.8. The van der Waals surface area contributed by atoms with Crippen LogP contribution in [0, 0.1) is 0 Å². The van der Waals surface area contributed by atoms with Crippen LogP contribution >= 0.6 is 0 Å². The molecule has 12 aromatic rings. The van der Waals surface area contributed by atoms with Gasteiger partial charge in [0.05, 0.1) is 43.8 Å². The summed E-state index contributed by atoms with van der Waals surface area (Å²) in [6, 6.07) is 3.26. The molecular weight excluding hydrogens is 701 g/mol. The van der Waals surface area contributed by atoms with E-state index in [0.29, 0.717) is 11.1 Å². The molecule has 0 amide bonds. The lowest BCUT2D eigenvalue weighted by Crippen LogP contribution is -2.06. The maximum Gasteiger partial charge on any atom is 0.238 e. The van der Waals surface area contributed by atoms with Gasteiger partial charge in [-0.15, -0.1) is 0 Å². The van der Waals surface area contributed by atoms with E-state index in [4.69, 9.17) is 40.2 Å². The number of furan rings is 2. The topological polar surface area (TPSA) is 69.9 Å². The number of hydrogen-bond donors (Lipinski definition) is 0. The Balaban J connectivity index is 1.25. The zero-order chi connectivity index (χ0) is 54.9. The van der Waals surface area contributed by atoms with Crippen molar-refractivity contribution in [3.05, 3.63) is 182 Å². The predicted molar refractivity (Wildman–Crippen MR) is 230 cm³/mol. The number of hydrogen-bond acceptors (Lipinski definition) is 5. The molecule has 0 saturated heterocycles. The normalized spacial score (nSPS) is 16.8. The van der Waals surface area contributed by atoms with Gasteiger partial charge in [0.1, 0.15) is 22.3 Å². The number of rotatable bonds is 5. The van der Waals surface area contributed by atoms with Gasteiger partial charge >= 0.3 is 0 Å². The van der Waals surface area contributed by atoms with Crippen LogP contribution in [0.4, 0.5) is 0 Å². The van der Waals surface area contributed by atoms with E-state index < -0.39 is 160 Å². The molecular formula is C51H30N4O2. The van der Waals surface area contributed by atoms with Gasteiger partial charge in [-0.25, -0.2) is 4.98 Å². The van der Waals surface area contributed by atoms with Crippen molar-refractivity contribution in [1.82, 2.24) is 19.5 Å². The zero-order valence-corrected chi connectivity index (χ0v) is 28.9.